The van der Waals surface area contributed by atoms with Crippen LogP contribution in [0.3, 0.4) is 0 Å². The van der Waals surface area contributed by atoms with Gasteiger partial charge in [0.05, 0.1) is 18.4 Å². The Kier molecular flexibility index (Phi) is 4.14. The first kappa shape index (κ1) is 12.6. The van der Waals surface area contributed by atoms with Gasteiger partial charge in [0.1, 0.15) is 5.69 Å². The van der Waals surface area contributed by atoms with E-state index >= 15 is 0 Å². The van der Waals surface area contributed by atoms with Crippen molar-refractivity contribution < 1.29 is 19.1 Å². The van der Waals surface area contributed by atoms with Gasteiger partial charge in [-0.15, -0.1) is 0 Å². The van der Waals surface area contributed by atoms with E-state index in [1.807, 2.05) is 0 Å². The van der Waals surface area contributed by atoms with E-state index in [4.69, 9.17) is 0 Å². The van der Waals surface area contributed by atoms with Crippen LogP contribution >= 0.6 is 0 Å². The molecule has 0 saturated heterocycles. The van der Waals surface area contributed by atoms with Crippen molar-refractivity contribution >= 4 is 29.3 Å². The maximum Gasteiger partial charge on any atom is 0.340 e. The van der Waals surface area contributed by atoms with Crippen LogP contribution in [0.5, 0.6) is 0 Å². The first-order chi connectivity index (χ1) is 8.10. The van der Waals surface area contributed by atoms with Crippen molar-refractivity contribution in [2.75, 3.05) is 12.4 Å². The van der Waals surface area contributed by atoms with Crippen molar-refractivity contribution in [3.63, 3.8) is 0 Å². The van der Waals surface area contributed by atoms with E-state index in [9.17, 15) is 14.4 Å². The van der Waals surface area contributed by atoms with Crippen LogP contribution < -0.4 is 5.32 Å². The van der Waals surface area contributed by atoms with Crippen LogP contribution in [0.1, 0.15) is 17.3 Å². The van der Waals surface area contributed by atoms with E-state index in [1.54, 1.807) is 6.07 Å². The Morgan fingerprint density at radius 3 is 2.65 bits per heavy atom. The van der Waals surface area contributed by atoms with Gasteiger partial charge in [-0.1, -0.05) is 6.07 Å². The van der Waals surface area contributed by atoms with E-state index in [2.05, 4.69) is 15.0 Å². The molecule has 0 aliphatic rings. The number of methoxy groups -OCH3 is 1. The highest BCUT2D eigenvalue weighted by atomic mass is 16.5. The fourth-order valence-corrected chi connectivity index (χ4v) is 1.27. The molecule has 0 fully saturated rings. The molecule has 6 nitrogen and oxygen atoms in total. The molecule has 0 spiro atoms. The topological polar surface area (TPSA) is 84.8 Å². The highest BCUT2D eigenvalue weighted by molar-refractivity contribution is 6.01. The highest BCUT2D eigenvalue weighted by Gasteiger charge is 2.15. The molecule has 0 aromatic heterocycles. The predicted octanol–water partition coefficient (Wildman–Crippen LogP) is 1.40. The number of anilines is 1. The Morgan fingerprint density at radius 2 is 2.12 bits per heavy atom. The van der Waals surface area contributed by atoms with Gasteiger partial charge in [0.25, 0.3) is 0 Å². The second-order valence-electron chi connectivity index (χ2n) is 3.08. The number of carbonyl (C=O) groups is 2. The zero-order valence-corrected chi connectivity index (χ0v) is 9.31. The van der Waals surface area contributed by atoms with Gasteiger partial charge in [0, 0.05) is 6.92 Å². The number of amides is 1. The number of esters is 1. The summed E-state index contributed by atoms with van der Waals surface area (Å²) in [6.07, 6.45) is 1.33. The Bertz CT molecular complexity index is 504. The van der Waals surface area contributed by atoms with Crippen LogP contribution in [-0.4, -0.2) is 25.1 Å². The quantitative estimate of drug-likeness (QED) is 0.486. The molecule has 1 amide bonds. The van der Waals surface area contributed by atoms with Gasteiger partial charge in [-0.05, 0) is 12.1 Å². The number of hydrogen-bond donors (Lipinski definition) is 1. The lowest BCUT2D eigenvalue weighted by atomic mass is 10.1. The SMILES string of the molecule is COC(=O)c1cccc(NC(C)=O)c1N=C=O. The molecule has 0 unspecified atom stereocenters. The first-order valence-corrected chi connectivity index (χ1v) is 4.67. The number of hydrogen-bond acceptors (Lipinski definition) is 5. The highest BCUT2D eigenvalue weighted by Crippen LogP contribution is 2.29. The van der Waals surface area contributed by atoms with Gasteiger partial charge >= 0.3 is 5.97 Å². The lowest BCUT2D eigenvalue weighted by Gasteiger charge is -2.08. The summed E-state index contributed by atoms with van der Waals surface area (Å²) in [5, 5.41) is 2.46. The van der Waals surface area contributed by atoms with Crippen molar-refractivity contribution in [1.82, 2.24) is 0 Å². The van der Waals surface area contributed by atoms with E-state index < -0.39 is 5.97 Å². The number of ether oxygens (including phenoxy) is 1. The molecule has 1 aromatic rings. The van der Waals surface area contributed by atoms with Gasteiger partial charge < -0.3 is 10.1 Å². The summed E-state index contributed by atoms with van der Waals surface area (Å²) in [5.74, 6) is -0.986. The second kappa shape index (κ2) is 5.58. The van der Waals surface area contributed by atoms with Crippen LogP contribution in [0.15, 0.2) is 23.2 Å². The van der Waals surface area contributed by atoms with E-state index in [-0.39, 0.29) is 22.8 Å². The molecule has 88 valence electrons. The summed E-state index contributed by atoms with van der Waals surface area (Å²) in [6, 6.07) is 4.50. The average Bonchev–Trinajstić information content (AvgIpc) is 2.30. The number of benzene rings is 1. The van der Waals surface area contributed by atoms with Crippen LogP contribution in [0.2, 0.25) is 0 Å². The molecule has 17 heavy (non-hydrogen) atoms. The van der Waals surface area contributed by atoms with Crippen molar-refractivity contribution in [2.24, 2.45) is 4.99 Å². The summed E-state index contributed by atoms with van der Waals surface area (Å²) in [5.41, 5.74) is 0.371. The average molecular weight is 234 g/mol. The van der Waals surface area contributed by atoms with Crippen LogP contribution in [0, 0.1) is 0 Å². The smallest absolute Gasteiger partial charge is 0.340 e. The molecule has 0 heterocycles. The minimum Gasteiger partial charge on any atom is -0.465 e. The minimum atomic E-state index is -0.647. The number of carbonyl (C=O) groups excluding carboxylic acids is 3. The monoisotopic (exact) mass is 234 g/mol. The molecule has 1 rings (SSSR count). The van der Waals surface area contributed by atoms with Gasteiger partial charge in [-0.2, -0.15) is 4.99 Å². The number of rotatable bonds is 3. The number of nitrogens with one attached hydrogen (secondary N) is 1. The van der Waals surface area contributed by atoms with E-state index in [0.717, 1.165) is 0 Å². The number of isocyanates is 1. The predicted molar refractivity (Wildman–Crippen MR) is 59.9 cm³/mol. The fraction of sp³-hybridized carbons (Fsp3) is 0.182. The first-order valence-electron chi connectivity index (χ1n) is 4.67. The van der Waals surface area contributed by atoms with Gasteiger partial charge in [0.15, 0.2) is 0 Å². The largest absolute Gasteiger partial charge is 0.465 e. The van der Waals surface area contributed by atoms with Gasteiger partial charge in [-0.3, -0.25) is 4.79 Å². The van der Waals surface area contributed by atoms with Crippen LogP contribution in [0.25, 0.3) is 0 Å². The van der Waals surface area contributed by atoms with E-state index in [1.165, 1.54) is 32.2 Å². The molecule has 0 saturated carbocycles. The third-order valence-corrected chi connectivity index (χ3v) is 1.91. The summed E-state index contributed by atoms with van der Waals surface area (Å²) < 4.78 is 4.54. The van der Waals surface area contributed by atoms with Crippen molar-refractivity contribution in [2.45, 2.75) is 6.92 Å². The minimum absolute atomic E-state index is 0.0320. The molecule has 0 aliphatic heterocycles. The summed E-state index contributed by atoms with van der Waals surface area (Å²) in [6.45, 7) is 1.30. The lowest BCUT2D eigenvalue weighted by molar-refractivity contribution is -0.114. The molecule has 1 N–H and O–H groups in total. The molecule has 6 heteroatoms. The lowest BCUT2D eigenvalue weighted by Crippen LogP contribution is -2.08. The summed E-state index contributed by atoms with van der Waals surface area (Å²) >= 11 is 0. The van der Waals surface area contributed by atoms with Crippen molar-refractivity contribution in [3.8, 4) is 0 Å². The fourth-order valence-electron chi connectivity index (χ4n) is 1.27. The number of aliphatic imine (C=N–C) groups is 1. The third-order valence-electron chi connectivity index (χ3n) is 1.91. The molecule has 0 bridgehead atoms. The Hall–Kier alpha value is -2.46. The van der Waals surface area contributed by atoms with E-state index in [0.29, 0.717) is 0 Å². The normalized spacial score (nSPS) is 9.06. The second-order valence-corrected chi connectivity index (χ2v) is 3.08. The van der Waals surface area contributed by atoms with Crippen LogP contribution in [-0.2, 0) is 14.3 Å². The Labute approximate surface area is 97.3 Å². The molecular formula is C11H10N2O4. The zero-order valence-electron chi connectivity index (χ0n) is 9.31. The molecule has 0 radical (unpaired) electrons. The molecule has 1 aromatic carbocycles. The van der Waals surface area contributed by atoms with Crippen molar-refractivity contribution in [3.05, 3.63) is 23.8 Å². The number of nitrogens with zero attached hydrogens (tertiary/aromatic N) is 1. The summed E-state index contributed by atoms with van der Waals surface area (Å²) in [7, 11) is 1.21. The standard InChI is InChI=1S/C11H10N2O4/c1-7(15)13-9-5-3-4-8(11(16)17-2)10(9)12-6-14/h3-5H,1-2H3,(H,13,15). The Balaban J connectivity index is 3.36. The number of para-hydroxylation sites is 1. The third kappa shape index (κ3) is 2.99. The van der Waals surface area contributed by atoms with Gasteiger partial charge in [0.2, 0.25) is 12.0 Å². The summed E-state index contributed by atoms with van der Waals surface area (Å²) in [4.78, 5) is 36.1. The van der Waals surface area contributed by atoms with Crippen LogP contribution in [0.4, 0.5) is 11.4 Å². The Morgan fingerprint density at radius 1 is 1.41 bits per heavy atom. The van der Waals surface area contributed by atoms with Crippen molar-refractivity contribution in [1.29, 1.82) is 0 Å². The maximum atomic E-state index is 11.4. The zero-order chi connectivity index (χ0) is 12.8. The molecule has 0 aliphatic carbocycles. The molecule has 0 atom stereocenters. The van der Waals surface area contributed by atoms with Gasteiger partial charge in [-0.25, -0.2) is 9.59 Å². The molecular weight excluding hydrogens is 224 g/mol. The maximum absolute atomic E-state index is 11.4.